The van der Waals surface area contributed by atoms with Crippen molar-refractivity contribution in [1.29, 1.82) is 0 Å². The van der Waals surface area contributed by atoms with E-state index in [1.54, 1.807) is 14.2 Å². The molecule has 2 bridgehead atoms. The smallest absolute Gasteiger partial charge is 0.306 e. The van der Waals surface area contributed by atoms with Crippen molar-refractivity contribution >= 4 is 16.9 Å². The van der Waals surface area contributed by atoms with Crippen molar-refractivity contribution in [3.63, 3.8) is 0 Å². The number of ether oxygens (including phenoxy) is 3. The molecule has 2 aromatic carbocycles. The molecule has 0 aliphatic heterocycles. The molecule has 8 heteroatoms. The van der Waals surface area contributed by atoms with E-state index in [4.69, 9.17) is 23.6 Å². The standard InChI is InChI=1S/C29H29N3O5/c1-34-25-10-9-19(13-26(25)35-2)24-15-22(21-5-3-4-6-23(21)30-24)29-32-31-27(37-29)16-36-28(33)14-20-12-17-7-8-18(20)11-17/h3-6,9-10,13,15,17-18,20H,7-8,11-12,14,16H2,1-2H3/t17-,18+,20+/m0/s1. The number of benzene rings is 2. The summed E-state index contributed by atoms with van der Waals surface area (Å²) in [5.41, 5.74) is 3.13. The molecule has 37 heavy (non-hydrogen) atoms. The van der Waals surface area contributed by atoms with E-state index in [9.17, 15) is 4.79 Å². The van der Waals surface area contributed by atoms with Gasteiger partial charge in [-0.2, -0.15) is 0 Å². The van der Waals surface area contributed by atoms with Gasteiger partial charge in [0, 0.05) is 17.4 Å². The number of carbonyl (C=O) groups is 1. The third-order valence-electron chi connectivity index (χ3n) is 7.76. The Morgan fingerprint density at radius 3 is 2.65 bits per heavy atom. The molecule has 3 atom stereocenters. The predicted octanol–water partition coefficient (Wildman–Crippen LogP) is 5.84. The summed E-state index contributed by atoms with van der Waals surface area (Å²) in [4.78, 5) is 17.3. The Hall–Kier alpha value is -3.94. The highest BCUT2D eigenvalue weighted by Crippen LogP contribution is 2.49. The molecule has 2 aromatic heterocycles. The maximum absolute atomic E-state index is 12.5. The minimum atomic E-state index is -0.192. The molecule has 0 N–H and O–H groups in total. The minimum absolute atomic E-state index is 0.0296. The summed E-state index contributed by atoms with van der Waals surface area (Å²) in [5, 5.41) is 9.29. The lowest BCUT2D eigenvalue weighted by atomic mass is 9.86. The van der Waals surface area contributed by atoms with Gasteiger partial charge in [0.1, 0.15) is 0 Å². The maximum Gasteiger partial charge on any atom is 0.306 e. The summed E-state index contributed by atoms with van der Waals surface area (Å²) in [6.45, 7) is -0.0296. The zero-order valence-electron chi connectivity index (χ0n) is 21.0. The molecule has 2 saturated carbocycles. The molecule has 6 rings (SSSR count). The van der Waals surface area contributed by atoms with Gasteiger partial charge in [-0.25, -0.2) is 4.98 Å². The number of nitrogens with zero attached hydrogens (tertiary/aromatic N) is 3. The molecule has 8 nitrogen and oxygen atoms in total. The van der Waals surface area contributed by atoms with E-state index < -0.39 is 0 Å². The lowest BCUT2D eigenvalue weighted by Gasteiger charge is -2.20. The molecule has 2 fully saturated rings. The van der Waals surface area contributed by atoms with Crippen LogP contribution in [-0.4, -0.2) is 35.4 Å². The number of carbonyl (C=O) groups excluding carboxylic acids is 1. The number of para-hydroxylation sites is 1. The molecule has 0 unspecified atom stereocenters. The van der Waals surface area contributed by atoms with Gasteiger partial charge in [0.15, 0.2) is 18.1 Å². The highest BCUT2D eigenvalue weighted by molar-refractivity contribution is 5.94. The average Bonchev–Trinajstić information content (AvgIpc) is 3.69. The van der Waals surface area contributed by atoms with Gasteiger partial charge < -0.3 is 18.6 Å². The van der Waals surface area contributed by atoms with Crippen LogP contribution in [0, 0.1) is 17.8 Å². The molecule has 2 aliphatic rings. The topological polar surface area (TPSA) is 96.6 Å². The summed E-state index contributed by atoms with van der Waals surface area (Å²) < 4.78 is 22.3. The van der Waals surface area contributed by atoms with E-state index in [0.717, 1.165) is 40.1 Å². The van der Waals surface area contributed by atoms with Crippen molar-refractivity contribution in [3.8, 4) is 34.2 Å². The maximum atomic E-state index is 12.5. The molecule has 0 radical (unpaired) electrons. The van der Waals surface area contributed by atoms with Gasteiger partial charge in [0.2, 0.25) is 5.89 Å². The largest absolute Gasteiger partial charge is 0.493 e. The second-order valence-corrected chi connectivity index (χ2v) is 9.94. The zero-order chi connectivity index (χ0) is 25.4. The van der Waals surface area contributed by atoms with Crippen molar-refractivity contribution in [2.24, 2.45) is 17.8 Å². The fourth-order valence-corrected chi connectivity index (χ4v) is 5.96. The Labute approximate surface area is 215 Å². The number of methoxy groups -OCH3 is 2. The molecule has 2 aliphatic carbocycles. The Morgan fingerprint density at radius 2 is 1.86 bits per heavy atom. The number of esters is 1. The fourth-order valence-electron chi connectivity index (χ4n) is 5.96. The molecular weight excluding hydrogens is 470 g/mol. The third-order valence-corrected chi connectivity index (χ3v) is 7.76. The van der Waals surface area contributed by atoms with Gasteiger partial charge in [0.05, 0.1) is 31.0 Å². The van der Waals surface area contributed by atoms with Crippen LogP contribution in [0.4, 0.5) is 0 Å². The first-order chi connectivity index (χ1) is 18.1. The molecular formula is C29H29N3O5. The van der Waals surface area contributed by atoms with E-state index in [1.807, 2.05) is 48.5 Å². The van der Waals surface area contributed by atoms with Crippen molar-refractivity contribution in [3.05, 3.63) is 54.4 Å². The predicted molar refractivity (Wildman–Crippen MR) is 137 cm³/mol. The number of hydrogen-bond donors (Lipinski definition) is 0. The third kappa shape index (κ3) is 4.63. The van der Waals surface area contributed by atoms with Crippen LogP contribution in [0.5, 0.6) is 11.5 Å². The van der Waals surface area contributed by atoms with Crippen LogP contribution in [0.3, 0.4) is 0 Å². The van der Waals surface area contributed by atoms with Crippen molar-refractivity contribution < 1.29 is 23.4 Å². The van der Waals surface area contributed by atoms with E-state index in [2.05, 4.69) is 10.2 Å². The number of rotatable bonds is 8. The van der Waals surface area contributed by atoms with Crippen LogP contribution in [0.15, 0.2) is 52.9 Å². The van der Waals surface area contributed by atoms with E-state index in [1.165, 1.54) is 19.3 Å². The van der Waals surface area contributed by atoms with E-state index in [0.29, 0.717) is 35.6 Å². The first-order valence-electron chi connectivity index (χ1n) is 12.7. The van der Waals surface area contributed by atoms with Gasteiger partial charge in [-0.05, 0) is 67.3 Å². The minimum Gasteiger partial charge on any atom is -0.493 e. The first kappa shape index (κ1) is 23.5. The van der Waals surface area contributed by atoms with Crippen LogP contribution in [0.2, 0.25) is 0 Å². The number of hydrogen-bond acceptors (Lipinski definition) is 8. The quantitative estimate of drug-likeness (QED) is 0.279. The summed E-state index contributed by atoms with van der Waals surface area (Å²) in [5.74, 6) is 3.63. The van der Waals surface area contributed by atoms with Gasteiger partial charge in [-0.1, -0.05) is 24.6 Å². The Kier molecular flexibility index (Phi) is 6.24. The monoisotopic (exact) mass is 499 g/mol. The van der Waals surface area contributed by atoms with Crippen molar-refractivity contribution in [2.75, 3.05) is 14.2 Å². The van der Waals surface area contributed by atoms with E-state index >= 15 is 0 Å². The van der Waals surface area contributed by atoms with Gasteiger partial charge >= 0.3 is 5.97 Å². The lowest BCUT2D eigenvalue weighted by Crippen LogP contribution is -2.17. The zero-order valence-corrected chi connectivity index (χ0v) is 21.0. The molecule has 4 aromatic rings. The highest BCUT2D eigenvalue weighted by atomic mass is 16.5. The Bertz CT molecular complexity index is 1450. The Morgan fingerprint density at radius 1 is 1.00 bits per heavy atom. The highest BCUT2D eigenvalue weighted by Gasteiger charge is 2.40. The van der Waals surface area contributed by atoms with Crippen LogP contribution < -0.4 is 9.47 Å². The van der Waals surface area contributed by atoms with Gasteiger partial charge in [-0.3, -0.25) is 4.79 Å². The summed E-state index contributed by atoms with van der Waals surface area (Å²) in [6.07, 6.45) is 5.48. The average molecular weight is 500 g/mol. The summed E-state index contributed by atoms with van der Waals surface area (Å²) >= 11 is 0. The molecule has 190 valence electrons. The van der Waals surface area contributed by atoms with Crippen LogP contribution in [0.1, 0.15) is 38.0 Å². The van der Waals surface area contributed by atoms with Crippen molar-refractivity contribution in [2.45, 2.75) is 38.7 Å². The van der Waals surface area contributed by atoms with Crippen molar-refractivity contribution in [1.82, 2.24) is 15.2 Å². The molecule has 2 heterocycles. The van der Waals surface area contributed by atoms with Crippen LogP contribution >= 0.6 is 0 Å². The lowest BCUT2D eigenvalue weighted by molar-refractivity contribution is -0.147. The summed E-state index contributed by atoms with van der Waals surface area (Å²) in [7, 11) is 3.21. The number of aromatic nitrogens is 3. The Balaban J connectivity index is 1.23. The second kappa shape index (κ2) is 9.84. The first-order valence-corrected chi connectivity index (χ1v) is 12.7. The molecule has 0 spiro atoms. The fraction of sp³-hybridized carbons (Fsp3) is 0.379. The second-order valence-electron chi connectivity index (χ2n) is 9.94. The molecule has 0 amide bonds. The normalized spacial score (nSPS) is 20.3. The number of fused-ring (bicyclic) bond motifs is 3. The summed E-state index contributed by atoms with van der Waals surface area (Å²) in [6, 6.07) is 15.4. The van der Waals surface area contributed by atoms with E-state index in [-0.39, 0.29) is 18.5 Å². The SMILES string of the molecule is COc1ccc(-c2cc(-c3nnc(COC(=O)C[C@H]4C[C@H]5CC[C@@H]4C5)o3)c3ccccc3n2)cc1OC. The van der Waals surface area contributed by atoms with Gasteiger partial charge in [0.25, 0.3) is 5.89 Å². The number of pyridine rings is 1. The van der Waals surface area contributed by atoms with Crippen LogP contribution in [0.25, 0.3) is 33.6 Å². The van der Waals surface area contributed by atoms with Crippen LogP contribution in [-0.2, 0) is 16.1 Å². The van der Waals surface area contributed by atoms with Gasteiger partial charge in [-0.15, -0.1) is 10.2 Å². The molecule has 0 saturated heterocycles.